The van der Waals surface area contributed by atoms with Gasteiger partial charge in [0.05, 0.1) is 61.9 Å². The van der Waals surface area contributed by atoms with Gasteiger partial charge in [0.25, 0.3) is 0 Å². The smallest absolute Gasteiger partial charge is 0.390 e. The molecule has 226 valence electrons. The Hall–Kier alpha value is 0.131. The monoisotopic (exact) mass is 595 g/mol. The summed E-state index contributed by atoms with van der Waals surface area (Å²) in [7, 11) is 4.48. The van der Waals surface area contributed by atoms with Gasteiger partial charge in [-0.05, 0) is 14.1 Å². The highest BCUT2D eigenvalue weighted by Gasteiger charge is 2.41. The first kappa shape index (κ1) is 39.3. The van der Waals surface area contributed by atoms with Crippen LogP contribution < -0.4 is 0 Å². The molecule has 0 atom stereocenters. The number of quaternary nitrogens is 3. The lowest BCUT2D eigenvalue weighted by Gasteiger charge is -2.36. The van der Waals surface area contributed by atoms with E-state index in [4.69, 9.17) is 33.3 Å². The van der Waals surface area contributed by atoms with Crippen LogP contribution in [0, 0.1) is 0 Å². The Bertz CT molecular complexity index is 615. The van der Waals surface area contributed by atoms with Crippen molar-refractivity contribution in [3.05, 3.63) is 0 Å². The van der Waals surface area contributed by atoms with Crippen LogP contribution in [0.1, 0.15) is 26.2 Å². The molecule has 8 N–H and O–H groups in total. The van der Waals surface area contributed by atoms with Crippen molar-refractivity contribution in [2.75, 3.05) is 95.6 Å². The van der Waals surface area contributed by atoms with Crippen molar-refractivity contribution < 1.29 is 56.5 Å². The van der Waals surface area contributed by atoms with Crippen molar-refractivity contribution in [3.63, 3.8) is 0 Å². The quantitative estimate of drug-likeness (QED) is 0.0486. The number of hydrogen-bond donors (Lipinski definition) is 8. The molecule has 0 aliphatic rings. The van der Waals surface area contributed by atoms with Gasteiger partial charge in [-0.25, -0.2) is 0 Å². The van der Waals surface area contributed by atoms with E-state index in [0.717, 1.165) is 30.7 Å². The minimum atomic E-state index is -3.96. The van der Waals surface area contributed by atoms with E-state index in [1.165, 1.54) is 0 Å². The largest absolute Gasteiger partial charge is 0.552 e. The topological polar surface area (TPSA) is 174 Å². The minimum absolute atomic E-state index is 0.0310. The second-order valence-corrected chi connectivity index (χ2v) is 18.5. The van der Waals surface area contributed by atoms with Gasteiger partial charge in [0.2, 0.25) is 0 Å². The van der Waals surface area contributed by atoms with Gasteiger partial charge in [-0.3, -0.25) is 0 Å². The zero-order chi connectivity index (χ0) is 29.8. The Kier molecular flexibility index (Phi) is 17.4. The summed E-state index contributed by atoms with van der Waals surface area (Å²) in [5.41, 5.74) is 0. The molecule has 13 nitrogen and oxygen atoms in total. The molecule has 0 aromatic carbocycles. The van der Waals surface area contributed by atoms with Gasteiger partial charge in [-0.1, -0.05) is 13.3 Å². The van der Waals surface area contributed by atoms with E-state index >= 15 is 0 Å². The van der Waals surface area contributed by atoms with Crippen LogP contribution >= 0.6 is 0 Å². The van der Waals surface area contributed by atoms with Crippen molar-refractivity contribution in [2.45, 2.75) is 44.3 Å². The zero-order valence-electron chi connectivity index (χ0n) is 24.8. The van der Waals surface area contributed by atoms with Crippen LogP contribution in [0.25, 0.3) is 0 Å². The molecule has 0 radical (unpaired) electrons. The summed E-state index contributed by atoms with van der Waals surface area (Å²) in [5.74, 6) is 0. The maximum Gasteiger partial charge on any atom is 0.552 e. The van der Waals surface area contributed by atoms with Crippen molar-refractivity contribution in [2.24, 2.45) is 0 Å². The van der Waals surface area contributed by atoms with Crippen LogP contribution in [0.2, 0.25) is 18.1 Å². The predicted molar refractivity (Wildman–Crippen MR) is 149 cm³/mol. The first-order chi connectivity index (χ1) is 16.3. The molecule has 0 aliphatic heterocycles. The fourth-order valence-corrected chi connectivity index (χ4v) is 6.40. The number of hydroxylamine groups is 3. The van der Waals surface area contributed by atoms with Gasteiger partial charge in [-0.2, -0.15) is 9.17 Å². The highest BCUT2D eigenvalue weighted by Crippen LogP contribution is 2.14. The van der Waals surface area contributed by atoms with Crippen LogP contribution in [-0.2, 0) is 4.53 Å². The Morgan fingerprint density at radius 1 is 0.595 bits per heavy atom. The zero-order valence-corrected chi connectivity index (χ0v) is 27.8. The second-order valence-electron chi connectivity index (χ2n) is 12.2. The minimum Gasteiger partial charge on any atom is -0.390 e. The fourth-order valence-electron chi connectivity index (χ4n) is 3.51. The van der Waals surface area contributed by atoms with Crippen LogP contribution in [0.4, 0.5) is 0 Å². The van der Waals surface area contributed by atoms with Crippen molar-refractivity contribution in [3.8, 4) is 0 Å². The summed E-state index contributed by atoms with van der Waals surface area (Å²) in [5, 5.41) is 0. The molecule has 0 saturated heterocycles. The summed E-state index contributed by atoms with van der Waals surface area (Å²) in [6.45, 7) is 6.75. The third kappa shape index (κ3) is 27.5. The molecule has 0 unspecified atom stereocenters. The van der Waals surface area contributed by atoms with Gasteiger partial charge in [-0.15, -0.1) is 0 Å². The molecule has 0 fully saturated rings. The third-order valence-electron chi connectivity index (χ3n) is 5.92. The molecule has 0 saturated carbocycles. The maximum absolute atomic E-state index is 9.88. The van der Waals surface area contributed by atoms with Crippen molar-refractivity contribution >= 4 is 26.4 Å². The summed E-state index contributed by atoms with van der Waals surface area (Å²) in [6.07, 6.45) is 1.83. The van der Waals surface area contributed by atoms with E-state index < -0.39 is 26.4 Å². The first-order valence-electron chi connectivity index (χ1n) is 12.9. The van der Waals surface area contributed by atoms with Gasteiger partial charge in [0.1, 0.15) is 6.54 Å². The lowest BCUT2D eigenvalue weighted by Crippen LogP contribution is -2.57. The second kappa shape index (κ2) is 16.4. The van der Waals surface area contributed by atoms with Crippen LogP contribution in [0.5, 0.6) is 0 Å². The van der Waals surface area contributed by atoms with Crippen LogP contribution in [-0.4, -0.2) is 179 Å². The van der Waals surface area contributed by atoms with Gasteiger partial charge < -0.3 is 52.2 Å². The predicted octanol–water partition coefficient (Wildman–Crippen LogP) is -2.36. The molecule has 16 heteroatoms. The number of rotatable bonds is 18. The number of nitrogens with zero attached hydrogens (tertiary/aromatic N) is 4. The highest BCUT2D eigenvalue weighted by atomic mass is 28.4. The summed E-state index contributed by atoms with van der Waals surface area (Å²) in [4.78, 5) is 75.6. The Labute approximate surface area is 227 Å². The van der Waals surface area contributed by atoms with Gasteiger partial charge in [0, 0.05) is 37.5 Å². The SMILES string of the molecule is CCC[Si](O)(O)O[N+](C)(C)CC[N+](C)(C)CCC[Si](O)(O)O.CN(C)CC[N+](C)(C)CCC[Si](O)(O)O. The number of hydrogen-bond acceptors (Lipinski definition) is 10. The first-order valence-corrected chi connectivity index (χ1v) is 19.0. The average Bonchev–Trinajstić information content (AvgIpc) is 2.62. The molecule has 0 bridgehead atoms. The van der Waals surface area contributed by atoms with E-state index in [2.05, 4.69) is 19.0 Å². The van der Waals surface area contributed by atoms with Crippen LogP contribution in [0.15, 0.2) is 0 Å². The molecule has 0 heterocycles. The molecular formula is C21H59N4O9Si3+3. The molecule has 37 heavy (non-hydrogen) atoms. The van der Waals surface area contributed by atoms with E-state index in [-0.39, 0.29) is 22.8 Å². The van der Waals surface area contributed by atoms with Gasteiger partial charge in [0.15, 0.2) is 6.54 Å². The molecule has 0 aromatic heterocycles. The normalized spacial score (nSPS) is 14.1. The van der Waals surface area contributed by atoms with Crippen molar-refractivity contribution in [1.29, 1.82) is 0 Å². The van der Waals surface area contributed by atoms with Crippen LogP contribution in [0.3, 0.4) is 0 Å². The average molecular weight is 596 g/mol. The van der Waals surface area contributed by atoms with E-state index in [9.17, 15) is 9.59 Å². The van der Waals surface area contributed by atoms with E-state index in [0.29, 0.717) is 36.8 Å². The van der Waals surface area contributed by atoms with Gasteiger partial charge >= 0.3 is 26.4 Å². The Balaban J connectivity index is 0. The summed E-state index contributed by atoms with van der Waals surface area (Å²) >= 11 is 0. The molecular weight excluding hydrogens is 537 g/mol. The van der Waals surface area contributed by atoms with E-state index in [1.807, 2.05) is 35.1 Å². The summed E-state index contributed by atoms with van der Waals surface area (Å²) in [6, 6.07) is 0.447. The maximum atomic E-state index is 9.88. The molecule has 0 aromatic rings. The number of likely N-dealkylation sites (N-methyl/N-ethyl adjacent to an activating group) is 4. The summed E-state index contributed by atoms with van der Waals surface area (Å²) < 4.78 is 7.01. The van der Waals surface area contributed by atoms with Crippen molar-refractivity contribution in [1.82, 2.24) is 4.90 Å². The lowest BCUT2D eigenvalue weighted by atomic mass is 10.3. The standard InChI is InChI=1S/C12H34N2O6Si2.C9H25N2O3Si/c1-6-11-22(18,19)20-14(4,5)10-9-13(2,3)8-7-12-21(15,16)17;1-10(2)6-8-11(3,4)7-5-9-15(12,13)14/h15-19H,6-12H2,1-5H3;12-14H,5-9H2,1-4H3/q+2;+1. The molecule has 0 amide bonds. The highest BCUT2D eigenvalue weighted by molar-refractivity contribution is 6.57. The lowest BCUT2D eigenvalue weighted by molar-refractivity contribution is -1.07. The molecule has 0 spiro atoms. The Morgan fingerprint density at radius 2 is 1.00 bits per heavy atom. The third-order valence-corrected chi connectivity index (χ3v) is 9.90. The van der Waals surface area contributed by atoms with E-state index in [1.54, 1.807) is 14.1 Å². The molecule has 0 aliphatic carbocycles. The Morgan fingerprint density at radius 3 is 1.35 bits per heavy atom. The molecule has 0 rings (SSSR count). The fraction of sp³-hybridized carbons (Fsp3) is 1.00.